The number of guanidine groups is 1. The van der Waals surface area contributed by atoms with Gasteiger partial charge in [-0.2, -0.15) is 0 Å². The molecular weight excluding hydrogens is 290 g/mol. The van der Waals surface area contributed by atoms with Crippen LogP contribution in [-0.2, 0) is 5.41 Å². The molecule has 2 fully saturated rings. The van der Waals surface area contributed by atoms with Gasteiger partial charge in [-0.25, -0.2) is 0 Å². The average molecular weight is 315 g/mol. The molecule has 1 aromatic carbocycles. The summed E-state index contributed by atoms with van der Waals surface area (Å²) in [5.74, 6) is 2.67. The van der Waals surface area contributed by atoms with Gasteiger partial charge < -0.3 is 20.1 Å². The minimum absolute atomic E-state index is 0.217. The molecule has 2 N–H and O–H groups in total. The largest absolute Gasteiger partial charge is 0.454 e. The van der Waals surface area contributed by atoms with Crippen LogP contribution < -0.4 is 20.1 Å². The monoisotopic (exact) mass is 315 g/mol. The lowest BCUT2D eigenvalue weighted by Crippen LogP contribution is -2.44. The van der Waals surface area contributed by atoms with E-state index in [1.54, 1.807) is 0 Å². The molecule has 5 heteroatoms. The first-order chi connectivity index (χ1) is 11.3. The Kier molecular flexibility index (Phi) is 3.79. The molecule has 124 valence electrons. The fraction of sp³-hybridized carbons (Fsp3) is 0.611. The average Bonchev–Trinajstić information content (AvgIpc) is 2.99. The molecule has 4 rings (SSSR count). The molecular formula is C18H25N3O2. The van der Waals surface area contributed by atoms with Crippen molar-refractivity contribution >= 4 is 5.96 Å². The number of aliphatic imine (C=N–C) groups is 1. The van der Waals surface area contributed by atoms with Crippen molar-refractivity contribution in [3.63, 3.8) is 0 Å². The van der Waals surface area contributed by atoms with Crippen molar-refractivity contribution in [1.82, 2.24) is 10.6 Å². The van der Waals surface area contributed by atoms with E-state index in [4.69, 9.17) is 9.47 Å². The van der Waals surface area contributed by atoms with Crippen molar-refractivity contribution in [1.29, 1.82) is 0 Å². The molecule has 3 aliphatic rings. The maximum Gasteiger partial charge on any atom is 0.231 e. The van der Waals surface area contributed by atoms with Gasteiger partial charge in [-0.15, -0.1) is 0 Å². The third-order valence-corrected chi connectivity index (χ3v) is 5.35. The highest BCUT2D eigenvalue weighted by Gasteiger charge is 2.44. The predicted octanol–water partition coefficient (Wildman–Crippen LogP) is 2.55. The lowest BCUT2D eigenvalue weighted by Gasteiger charge is -2.21. The van der Waals surface area contributed by atoms with Crippen molar-refractivity contribution in [3.8, 4) is 11.5 Å². The first-order valence-electron chi connectivity index (χ1n) is 8.66. The quantitative estimate of drug-likeness (QED) is 0.662. The number of rotatable bonds is 4. The van der Waals surface area contributed by atoms with Gasteiger partial charge in [0.25, 0.3) is 0 Å². The van der Waals surface area contributed by atoms with E-state index in [9.17, 15) is 0 Å². The molecule has 0 spiro atoms. The molecule has 0 atom stereocenters. The second kappa shape index (κ2) is 5.95. The Morgan fingerprint density at radius 2 is 2.00 bits per heavy atom. The molecule has 2 aliphatic carbocycles. The summed E-state index contributed by atoms with van der Waals surface area (Å²) in [6.07, 6.45) is 7.59. The smallest absolute Gasteiger partial charge is 0.231 e. The summed E-state index contributed by atoms with van der Waals surface area (Å²) in [5, 5.41) is 7.09. The Hall–Kier alpha value is -1.91. The summed E-state index contributed by atoms with van der Waals surface area (Å²) in [7, 11) is 1.85. The van der Waals surface area contributed by atoms with E-state index < -0.39 is 0 Å². The Morgan fingerprint density at radius 1 is 1.22 bits per heavy atom. The molecule has 5 nitrogen and oxygen atoms in total. The molecule has 1 heterocycles. The van der Waals surface area contributed by atoms with Gasteiger partial charge in [0.15, 0.2) is 17.5 Å². The van der Waals surface area contributed by atoms with Crippen LogP contribution in [0.15, 0.2) is 23.2 Å². The fourth-order valence-corrected chi connectivity index (χ4v) is 3.66. The van der Waals surface area contributed by atoms with Crippen LogP contribution in [-0.4, -0.2) is 32.4 Å². The third-order valence-electron chi connectivity index (χ3n) is 5.35. The minimum atomic E-state index is 0.217. The van der Waals surface area contributed by atoms with Crippen LogP contribution >= 0.6 is 0 Å². The number of nitrogens with one attached hydrogen (secondary N) is 2. The summed E-state index contributed by atoms with van der Waals surface area (Å²) in [5.41, 5.74) is 1.56. The molecule has 0 aromatic heterocycles. The summed E-state index contributed by atoms with van der Waals surface area (Å²) >= 11 is 0. The highest BCUT2D eigenvalue weighted by atomic mass is 16.7. The molecule has 2 saturated carbocycles. The predicted molar refractivity (Wildman–Crippen MR) is 90.2 cm³/mol. The molecule has 1 aliphatic heterocycles. The number of hydrogen-bond acceptors (Lipinski definition) is 3. The molecule has 0 unspecified atom stereocenters. The van der Waals surface area contributed by atoms with E-state index in [-0.39, 0.29) is 5.41 Å². The van der Waals surface area contributed by atoms with Crippen molar-refractivity contribution < 1.29 is 9.47 Å². The van der Waals surface area contributed by atoms with E-state index in [0.29, 0.717) is 12.8 Å². The van der Waals surface area contributed by atoms with E-state index in [1.165, 1.54) is 44.1 Å². The third kappa shape index (κ3) is 2.96. The van der Waals surface area contributed by atoms with Gasteiger partial charge in [-0.3, -0.25) is 4.99 Å². The Morgan fingerprint density at radius 3 is 2.74 bits per heavy atom. The van der Waals surface area contributed by atoms with Gasteiger partial charge in [0.2, 0.25) is 6.79 Å². The molecule has 0 bridgehead atoms. The molecule has 1 aromatic rings. The SMILES string of the molecule is CN=C(NCC1(c2ccc3c(c2)OCO3)CC1)NC1CCCC1. The highest BCUT2D eigenvalue weighted by molar-refractivity contribution is 5.80. The van der Waals surface area contributed by atoms with Crippen molar-refractivity contribution in [2.75, 3.05) is 20.4 Å². The first kappa shape index (κ1) is 14.7. The second-order valence-corrected chi connectivity index (χ2v) is 6.90. The first-order valence-corrected chi connectivity index (χ1v) is 8.66. The Bertz CT molecular complexity index is 604. The standard InChI is InChI=1S/C18H25N3O2/c1-19-17(21-14-4-2-3-5-14)20-11-18(8-9-18)13-6-7-15-16(10-13)23-12-22-15/h6-7,10,14H,2-5,8-9,11-12H2,1H3,(H2,19,20,21). The summed E-state index contributed by atoms with van der Waals surface area (Å²) in [4.78, 5) is 4.38. The minimum Gasteiger partial charge on any atom is -0.454 e. The number of fused-ring (bicyclic) bond motifs is 1. The van der Waals surface area contributed by atoms with Gasteiger partial charge in [0.1, 0.15) is 0 Å². The maximum absolute atomic E-state index is 5.52. The number of ether oxygens (including phenoxy) is 2. The Balaban J connectivity index is 1.39. The highest BCUT2D eigenvalue weighted by Crippen LogP contribution is 2.49. The van der Waals surface area contributed by atoms with Crippen molar-refractivity contribution in [2.24, 2.45) is 4.99 Å². The summed E-state index contributed by atoms with van der Waals surface area (Å²) < 4.78 is 10.9. The van der Waals surface area contributed by atoms with Crippen molar-refractivity contribution in [3.05, 3.63) is 23.8 Å². The van der Waals surface area contributed by atoms with Gasteiger partial charge in [-0.05, 0) is 43.4 Å². The van der Waals surface area contributed by atoms with Crippen LogP contribution in [0.1, 0.15) is 44.1 Å². The van der Waals surface area contributed by atoms with Gasteiger partial charge >= 0.3 is 0 Å². The second-order valence-electron chi connectivity index (χ2n) is 6.90. The van der Waals surface area contributed by atoms with E-state index in [2.05, 4.69) is 27.8 Å². The van der Waals surface area contributed by atoms with E-state index in [1.807, 2.05) is 13.1 Å². The zero-order chi connectivity index (χ0) is 15.7. The van der Waals surface area contributed by atoms with Crippen molar-refractivity contribution in [2.45, 2.75) is 50.0 Å². The number of hydrogen-bond donors (Lipinski definition) is 2. The van der Waals surface area contributed by atoms with Gasteiger partial charge in [0, 0.05) is 25.0 Å². The van der Waals surface area contributed by atoms with Gasteiger partial charge in [0.05, 0.1) is 0 Å². The summed E-state index contributed by atoms with van der Waals surface area (Å²) in [6, 6.07) is 6.94. The van der Waals surface area contributed by atoms with Crippen LogP contribution in [0.3, 0.4) is 0 Å². The number of benzene rings is 1. The topological polar surface area (TPSA) is 54.9 Å². The lowest BCUT2D eigenvalue weighted by molar-refractivity contribution is 0.174. The maximum atomic E-state index is 5.52. The van der Waals surface area contributed by atoms with Crippen LogP contribution in [0.2, 0.25) is 0 Å². The fourth-order valence-electron chi connectivity index (χ4n) is 3.66. The lowest BCUT2D eigenvalue weighted by atomic mass is 9.95. The van der Waals surface area contributed by atoms with Crippen LogP contribution in [0.5, 0.6) is 11.5 Å². The molecule has 0 saturated heterocycles. The molecule has 0 radical (unpaired) electrons. The molecule has 23 heavy (non-hydrogen) atoms. The number of nitrogens with zero attached hydrogens (tertiary/aromatic N) is 1. The van der Waals surface area contributed by atoms with E-state index >= 15 is 0 Å². The van der Waals surface area contributed by atoms with Gasteiger partial charge in [-0.1, -0.05) is 18.9 Å². The zero-order valence-electron chi connectivity index (χ0n) is 13.7. The summed E-state index contributed by atoms with van der Waals surface area (Å²) in [6.45, 7) is 1.25. The zero-order valence-corrected chi connectivity index (χ0v) is 13.7. The molecule has 0 amide bonds. The van der Waals surface area contributed by atoms with Crippen LogP contribution in [0.25, 0.3) is 0 Å². The van der Waals surface area contributed by atoms with E-state index in [0.717, 1.165) is 24.0 Å². The van der Waals surface area contributed by atoms with Crippen LogP contribution in [0, 0.1) is 0 Å². The normalized spacial score (nSPS) is 22.2. The van der Waals surface area contributed by atoms with Crippen LogP contribution in [0.4, 0.5) is 0 Å². The Labute approximate surface area is 137 Å².